The summed E-state index contributed by atoms with van der Waals surface area (Å²) in [6.07, 6.45) is 5.85. The first-order valence-electron chi connectivity index (χ1n) is 5.91. The van der Waals surface area contributed by atoms with Crippen molar-refractivity contribution in [3.05, 3.63) is 12.2 Å². The molecule has 0 saturated carbocycles. The van der Waals surface area contributed by atoms with Gasteiger partial charge in [0.2, 0.25) is 0 Å². The first kappa shape index (κ1) is 14.4. The largest absolute Gasteiger partial charge is 0.299 e. The van der Waals surface area contributed by atoms with Gasteiger partial charge in [0, 0.05) is 5.71 Å². The highest BCUT2D eigenvalue weighted by molar-refractivity contribution is 5.84. The lowest BCUT2D eigenvalue weighted by molar-refractivity contribution is 0.569. The van der Waals surface area contributed by atoms with E-state index >= 15 is 0 Å². The SMILES string of the molecule is CC/C=C\[C@@H](C)[C@H](C)C(C)=N[C@@H](C)NC. The average molecular weight is 210 g/mol. The number of aliphatic imine (C=N–C) groups is 1. The molecule has 0 fully saturated rings. The summed E-state index contributed by atoms with van der Waals surface area (Å²) in [5.41, 5.74) is 1.23. The maximum absolute atomic E-state index is 4.60. The maximum atomic E-state index is 4.60. The van der Waals surface area contributed by atoms with Crippen molar-refractivity contribution in [1.82, 2.24) is 5.32 Å². The third-order valence-electron chi connectivity index (χ3n) is 2.94. The summed E-state index contributed by atoms with van der Waals surface area (Å²) in [5.74, 6) is 1.08. The van der Waals surface area contributed by atoms with Crippen LogP contribution in [0.2, 0.25) is 0 Å². The van der Waals surface area contributed by atoms with E-state index in [1.54, 1.807) is 0 Å². The molecule has 15 heavy (non-hydrogen) atoms. The lowest BCUT2D eigenvalue weighted by atomic mass is 9.91. The van der Waals surface area contributed by atoms with Crippen LogP contribution in [-0.4, -0.2) is 18.9 Å². The van der Waals surface area contributed by atoms with Gasteiger partial charge in [-0.3, -0.25) is 10.3 Å². The average Bonchev–Trinajstić information content (AvgIpc) is 2.24. The minimum Gasteiger partial charge on any atom is -0.299 e. The Morgan fingerprint density at radius 3 is 2.40 bits per heavy atom. The highest BCUT2D eigenvalue weighted by atomic mass is 15.0. The molecule has 0 bridgehead atoms. The second kappa shape index (κ2) is 7.63. The van der Waals surface area contributed by atoms with Crippen LogP contribution in [0.3, 0.4) is 0 Å². The Morgan fingerprint density at radius 2 is 1.93 bits per heavy atom. The van der Waals surface area contributed by atoms with E-state index in [2.05, 4.69) is 57.1 Å². The van der Waals surface area contributed by atoms with Gasteiger partial charge in [-0.2, -0.15) is 0 Å². The van der Waals surface area contributed by atoms with Crippen molar-refractivity contribution in [2.24, 2.45) is 16.8 Å². The molecule has 0 aliphatic rings. The van der Waals surface area contributed by atoms with Gasteiger partial charge in [0.05, 0.1) is 6.17 Å². The van der Waals surface area contributed by atoms with Gasteiger partial charge in [-0.15, -0.1) is 0 Å². The molecule has 0 rings (SSSR count). The zero-order valence-corrected chi connectivity index (χ0v) is 11.0. The van der Waals surface area contributed by atoms with Gasteiger partial charge in [-0.1, -0.05) is 32.9 Å². The van der Waals surface area contributed by atoms with Crippen molar-refractivity contribution in [2.75, 3.05) is 7.05 Å². The molecule has 0 unspecified atom stereocenters. The van der Waals surface area contributed by atoms with Crippen LogP contribution in [0.5, 0.6) is 0 Å². The Kier molecular flexibility index (Phi) is 7.31. The van der Waals surface area contributed by atoms with Crippen molar-refractivity contribution in [3.63, 3.8) is 0 Å². The standard InChI is InChI=1S/C13H26N2/c1-7-8-9-10(2)11(3)12(4)15-13(5)14-6/h8-11,13-14H,7H2,1-6H3/b9-8-,15-12?/t10-,11+,13+/m1/s1. The number of allylic oxidation sites excluding steroid dienone is 2. The molecule has 0 heterocycles. The monoisotopic (exact) mass is 210 g/mol. The second-order valence-electron chi connectivity index (χ2n) is 4.22. The van der Waals surface area contributed by atoms with Crippen LogP contribution in [0.4, 0.5) is 0 Å². The molecule has 0 spiro atoms. The number of hydrogen-bond donors (Lipinski definition) is 1. The summed E-state index contributed by atoms with van der Waals surface area (Å²) < 4.78 is 0. The van der Waals surface area contributed by atoms with Crippen LogP contribution >= 0.6 is 0 Å². The lowest BCUT2D eigenvalue weighted by Gasteiger charge is -2.18. The molecule has 0 aromatic rings. The van der Waals surface area contributed by atoms with E-state index in [-0.39, 0.29) is 6.17 Å². The minimum absolute atomic E-state index is 0.217. The summed E-state index contributed by atoms with van der Waals surface area (Å²) >= 11 is 0. The maximum Gasteiger partial charge on any atom is 0.0962 e. The van der Waals surface area contributed by atoms with E-state index in [1.165, 1.54) is 5.71 Å². The Hall–Kier alpha value is -0.630. The van der Waals surface area contributed by atoms with Crippen molar-refractivity contribution < 1.29 is 0 Å². The van der Waals surface area contributed by atoms with Crippen LogP contribution < -0.4 is 5.32 Å². The van der Waals surface area contributed by atoms with Gasteiger partial charge in [-0.05, 0) is 39.2 Å². The molecule has 1 N–H and O–H groups in total. The van der Waals surface area contributed by atoms with Crippen molar-refractivity contribution in [2.45, 2.75) is 47.2 Å². The lowest BCUT2D eigenvalue weighted by Crippen LogP contribution is -2.23. The van der Waals surface area contributed by atoms with Gasteiger partial charge in [0.25, 0.3) is 0 Å². The Labute approximate surface area is 94.9 Å². The van der Waals surface area contributed by atoms with Gasteiger partial charge in [0.15, 0.2) is 0 Å². The van der Waals surface area contributed by atoms with Gasteiger partial charge in [0.1, 0.15) is 0 Å². The Morgan fingerprint density at radius 1 is 1.33 bits per heavy atom. The second-order valence-corrected chi connectivity index (χ2v) is 4.22. The van der Waals surface area contributed by atoms with Crippen LogP contribution in [0.25, 0.3) is 0 Å². The number of nitrogens with zero attached hydrogens (tertiary/aromatic N) is 1. The summed E-state index contributed by atoms with van der Waals surface area (Å²) in [5, 5.41) is 3.13. The van der Waals surface area contributed by atoms with E-state index in [9.17, 15) is 0 Å². The molecule has 0 amide bonds. The smallest absolute Gasteiger partial charge is 0.0962 e. The fourth-order valence-electron chi connectivity index (χ4n) is 1.39. The van der Waals surface area contributed by atoms with E-state index in [0.29, 0.717) is 11.8 Å². The molecule has 3 atom stereocenters. The number of hydrogen-bond acceptors (Lipinski definition) is 2. The van der Waals surface area contributed by atoms with Crippen molar-refractivity contribution in [3.8, 4) is 0 Å². The molecular formula is C13H26N2. The zero-order chi connectivity index (χ0) is 11.8. The molecule has 0 aliphatic carbocycles. The summed E-state index contributed by atoms with van der Waals surface area (Å²) in [7, 11) is 1.94. The fraction of sp³-hybridized carbons (Fsp3) is 0.769. The van der Waals surface area contributed by atoms with Crippen LogP contribution in [0, 0.1) is 11.8 Å². The number of nitrogens with one attached hydrogen (secondary N) is 1. The molecule has 2 heteroatoms. The molecule has 0 aromatic carbocycles. The topological polar surface area (TPSA) is 24.4 Å². The summed E-state index contributed by atoms with van der Waals surface area (Å²) in [6, 6.07) is 0. The third kappa shape index (κ3) is 5.73. The van der Waals surface area contributed by atoms with E-state index in [1.807, 2.05) is 7.05 Å². The van der Waals surface area contributed by atoms with E-state index in [0.717, 1.165) is 6.42 Å². The van der Waals surface area contributed by atoms with Crippen LogP contribution in [-0.2, 0) is 0 Å². The Bertz CT molecular complexity index is 219. The predicted octanol–water partition coefficient (Wildman–Crippen LogP) is 3.25. The van der Waals surface area contributed by atoms with Gasteiger partial charge < -0.3 is 0 Å². The van der Waals surface area contributed by atoms with Crippen molar-refractivity contribution in [1.29, 1.82) is 0 Å². The molecule has 0 aromatic heterocycles. The normalized spacial score (nSPS) is 19.2. The van der Waals surface area contributed by atoms with Gasteiger partial charge >= 0.3 is 0 Å². The molecule has 2 nitrogen and oxygen atoms in total. The van der Waals surface area contributed by atoms with Crippen molar-refractivity contribution >= 4 is 5.71 Å². The molecular weight excluding hydrogens is 184 g/mol. The quantitative estimate of drug-likeness (QED) is 0.528. The summed E-state index contributed by atoms with van der Waals surface area (Å²) in [6.45, 7) is 10.8. The molecule has 0 aliphatic heterocycles. The number of rotatable bonds is 6. The third-order valence-corrected chi connectivity index (χ3v) is 2.94. The van der Waals surface area contributed by atoms with Crippen LogP contribution in [0.15, 0.2) is 17.1 Å². The predicted molar refractivity (Wildman–Crippen MR) is 69.4 cm³/mol. The first-order valence-corrected chi connectivity index (χ1v) is 5.91. The Balaban J connectivity index is 4.35. The van der Waals surface area contributed by atoms with Crippen LogP contribution in [0.1, 0.15) is 41.0 Å². The highest BCUT2D eigenvalue weighted by Crippen LogP contribution is 2.15. The minimum atomic E-state index is 0.217. The molecule has 88 valence electrons. The highest BCUT2D eigenvalue weighted by Gasteiger charge is 2.12. The van der Waals surface area contributed by atoms with E-state index < -0.39 is 0 Å². The zero-order valence-electron chi connectivity index (χ0n) is 11.0. The fourth-order valence-corrected chi connectivity index (χ4v) is 1.39. The first-order chi connectivity index (χ1) is 7.02. The molecule has 0 radical (unpaired) electrons. The van der Waals surface area contributed by atoms with E-state index in [4.69, 9.17) is 0 Å². The molecule has 0 saturated heterocycles. The van der Waals surface area contributed by atoms with Gasteiger partial charge in [-0.25, -0.2) is 0 Å². The summed E-state index contributed by atoms with van der Waals surface area (Å²) in [4.78, 5) is 4.60.